The summed E-state index contributed by atoms with van der Waals surface area (Å²) in [5, 5.41) is 29.6. The van der Waals surface area contributed by atoms with Crippen molar-refractivity contribution >= 4 is 41.5 Å². The number of aliphatic carboxylic acids is 1. The Labute approximate surface area is 279 Å². The topological polar surface area (TPSA) is 329 Å². The van der Waals surface area contributed by atoms with Crippen LogP contribution in [-0.2, 0) is 30.4 Å². The van der Waals surface area contributed by atoms with Gasteiger partial charge in [0.1, 0.15) is 29.9 Å². The minimum absolute atomic E-state index is 0.00509. The first kappa shape index (κ1) is 40.9. The first-order chi connectivity index (χ1) is 22.5. The fraction of sp³-hybridized carbons (Fsp3) is 0.567. The number of phenolic OH excluding ortho intramolecular Hbond substituents is 1. The second-order valence-corrected chi connectivity index (χ2v) is 11.4. The lowest BCUT2D eigenvalue weighted by molar-refractivity contribution is -0.142. The van der Waals surface area contributed by atoms with Gasteiger partial charge in [-0.1, -0.05) is 32.4 Å². The quantitative estimate of drug-likeness (QED) is 0.0364. The molecule has 18 heteroatoms. The number of hydrogen-bond acceptors (Lipinski definition) is 9. The molecular formula is C30H51N11O7. The van der Waals surface area contributed by atoms with Crippen molar-refractivity contribution < 1.29 is 34.2 Å². The van der Waals surface area contributed by atoms with E-state index in [0.717, 1.165) is 0 Å². The molecule has 0 bridgehead atoms. The summed E-state index contributed by atoms with van der Waals surface area (Å²) >= 11 is 0. The monoisotopic (exact) mass is 677 g/mol. The number of carbonyl (C=O) groups excluding carboxylic acids is 4. The minimum atomic E-state index is -1.33. The molecular weight excluding hydrogens is 626 g/mol. The number of carbonyl (C=O) groups is 5. The number of amides is 4. The average molecular weight is 678 g/mol. The summed E-state index contributed by atoms with van der Waals surface area (Å²) in [6.07, 6.45) is 1.39. The zero-order valence-corrected chi connectivity index (χ0v) is 27.6. The fourth-order valence-corrected chi connectivity index (χ4v) is 4.39. The van der Waals surface area contributed by atoms with Crippen LogP contribution in [0.3, 0.4) is 0 Å². The lowest BCUT2D eigenvalue weighted by Crippen LogP contribution is -2.59. The van der Waals surface area contributed by atoms with Crippen molar-refractivity contribution in [2.45, 2.75) is 89.5 Å². The van der Waals surface area contributed by atoms with Crippen LogP contribution in [0.25, 0.3) is 0 Å². The molecule has 0 saturated carbocycles. The van der Waals surface area contributed by atoms with Crippen molar-refractivity contribution in [2.75, 3.05) is 13.1 Å². The van der Waals surface area contributed by atoms with Crippen molar-refractivity contribution in [3.63, 3.8) is 0 Å². The number of phenols is 1. The van der Waals surface area contributed by atoms with E-state index in [4.69, 9.17) is 28.7 Å². The van der Waals surface area contributed by atoms with Gasteiger partial charge < -0.3 is 60.1 Å². The molecule has 1 aromatic carbocycles. The first-order valence-electron chi connectivity index (χ1n) is 15.6. The Morgan fingerprint density at radius 1 is 0.750 bits per heavy atom. The summed E-state index contributed by atoms with van der Waals surface area (Å²) in [6.45, 7) is 5.36. The van der Waals surface area contributed by atoms with Crippen molar-refractivity contribution in [1.82, 2.24) is 21.3 Å². The first-order valence-corrected chi connectivity index (χ1v) is 15.6. The van der Waals surface area contributed by atoms with Crippen LogP contribution >= 0.6 is 0 Å². The molecule has 0 radical (unpaired) electrons. The smallest absolute Gasteiger partial charge is 0.326 e. The molecule has 0 aromatic heterocycles. The van der Waals surface area contributed by atoms with Gasteiger partial charge in [-0.25, -0.2) is 4.79 Å². The molecule has 0 fully saturated rings. The molecule has 0 aliphatic heterocycles. The zero-order valence-electron chi connectivity index (χ0n) is 27.6. The molecule has 48 heavy (non-hydrogen) atoms. The molecule has 16 N–H and O–H groups in total. The van der Waals surface area contributed by atoms with Gasteiger partial charge in [0.05, 0.1) is 6.04 Å². The number of benzene rings is 1. The van der Waals surface area contributed by atoms with Crippen LogP contribution in [-0.4, -0.2) is 95.0 Å². The molecule has 6 atom stereocenters. The van der Waals surface area contributed by atoms with Gasteiger partial charge in [0.2, 0.25) is 23.6 Å². The highest BCUT2D eigenvalue weighted by Gasteiger charge is 2.33. The number of aliphatic imine (C=N–C) groups is 2. The maximum absolute atomic E-state index is 13.6. The summed E-state index contributed by atoms with van der Waals surface area (Å²) in [4.78, 5) is 72.3. The molecule has 268 valence electrons. The maximum Gasteiger partial charge on any atom is 0.326 e. The third-order valence-electron chi connectivity index (χ3n) is 7.42. The van der Waals surface area contributed by atoms with Gasteiger partial charge in [-0.3, -0.25) is 29.2 Å². The molecule has 0 unspecified atom stereocenters. The normalized spacial score (nSPS) is 14.5. The highest BCUT2D eigenvalue weighted by atomic mass is 16.4. The number of hydrogen-bond donors (Lipinski definition) is 11. The third-order valence-corrected chi connectivity index (χ3v) is 7.42. The van der Waals surface area contributed by atoms with E-state index in [2.05, 4.69) is 31.3 Å². The van der Waals surface area contributed by atoms with Crippen LogP contribution in [0.2, 0.25) is 0 Å². The zero-order chi connectivity index (χ0) is 36.4. The van der Waals surface area contributed by atoms with Crippen LogP contribution in [0.1, 0.15) is 58.4 Å². The predicted molar refractivity (Wildman–Crippen MR) is 180 cm³/mol. The molecule has 0 aliphatic carbocycles. The van der Waals surface area contributed by atoms with Crippen molar-refractivity contribution in [3.8, 4) is 5.75 Å². The van der Waals surface area contributed by atoms with Gasteiger partial charge >= 0.3 is 5.97 Å². The number of rotatable bonds is 21. The molecule has 0 spiro atoms. The van der Waals surface area contributed by atoms with E-state index in [1.165, 1.54) is 31.2 Å². The second kappa shape index (κ2) is 20.9. The molecule has 4 amide bonds. The number of nitrogens with zero attached hydrogens (tertiary/aromatic N) is 2. The Kier molecular flexibility index (Phi) is 17.8. The predicted octanol–water partition coefficient (Wildman–Crippen LogP) is -2.54. The number of nitrogens with two attached hydrogens (primary N) is 5. The molecule has 0 heterocycles. The van der Waals surface area contributed by atoms with E-state index < -0.39 is 65.7 Å². The van der Waals surface area contributed by atoms with Crippen molar-refractivity contribution in [1.29, 1.82) is 0 Å². The molecule has 0 aliphatic rings. The Bertz CT molecular complexity index is 1280. The summed E-state index contributed by atoms with van der Waals surface area (Å²) < 4.78 is 0. The summed E-state index contributed by atoms with van der Waals surface area (Å²) in [5.41, 5.74) is 27.8. The van der Waals surface area contributed by atoms with Crippen LogP contribution in [0.5, 0.6) is 5.75 Å². The van der Waals surface area contributed by atoms with Crippen LogP contribution in [0.4, 0.5) is 0 Å². The maximum atomic E-state index is 13.6. The third kappa shape index (κ3) is 15.4. The standard InChI is InChI=1S/C30H51N11O7/c1-4-16(2)23(27(46)40-22(28(47)48)15-18-9-11-19(42)12-10-18)41-26(45)21(8-6-14-37-30(34)35)39-24(43)17(3)38-25(44)20(31)7-5-13-36-29(32)33/h9-12,16-17,20-23,42H,4-8,13-15,31H2,1-3H3,(H,38,44)(H,39,43)(H,40,46)(H,41,45)(H,47,48)(H4,32,33,36)(H4,34,35,37)/t16-,17-,20-,21-,22-,23-/m0/s1. The number of carboxylic acid groups (broad SMARTS) is 1. The molecule has 0 saturated heterocycles. The minimum Gasteiger partial charge on any atom is -0.508 e. The van der Waals surface area contributed by atoms with Crippen molar-refractivity contribution in [3.05, 3.63) is 29.8 Å². The van der Waals surface area contributed by atoms with Gasteiger partial charge in [-0.05, 0) is 56.2 Å². The second-order valence-electron chi connectivity index (χ2n) is 11.4. The number of carboxylic acids is 1. The Hall–Kier alpha value is -5.13. The summed E-state index contributed by atoms with van der Waals surface area (Å²) in [5.74, 6) is -4.68. The largest absolute Gasteiger partial charge is 0.508 e. The van der Waals surface area contributed by atoms with Crippen LogP contribution in [0, 0.1) is 5.92 Å². The van der Waals surface area contributed by atoms with Gasteiger partial charge in [0.25, 0.3) is 0 Å². The lowest BCUT2D eigenvalue weighted by Gasteiger charge is -2.28. The Morgan fingerprint density at radius 3 is 1.81 bits per heavy atom. The Morgan fingerprint density at radius 2 is 1.29 bits per heavy atom. The van der Waals surface area contributed by atoms with Crippen molar-refractivity contribution in [2.24, 2.45) is 44.6 Å². The SMILES string of the molecule is CC[C@H](C)[C@H](NC(=O)[C@H](CCCN=C(N)N)NC(=O)[C@H](C)NC(=O)[C@@H](N)CCCN=C(N)N)C(=O)N[C@@H](Cc1ccc(O)cc1)C(=O)O. The van der Waals surface area contributed by atoms with E-state index in [-0.39, 0.29) is 56.4 Å². The fourth-order valence-electron chi connectivity index (χ4n) is 4.39. The summed E-state index contributed by atoms with van der Waals surface area (Å²) in [6, 6.07) is 0.186. The lowest BCUT2D eigenvalue weighted by atomic mass is 9.96. The summed E-state index contributed by atoms with van der Waals surface area (Å²) in [7, 11) is 0. The molecule has 1 aromatic rings. The van der Waals surface area contributed by atoms with Gasteiger partial charge in [0, 0.05) is 19.5 Å². The van der Waals surface area contributed by atoms with Gasteiger partial charge in [-0.15, -0.1) is 0 Å². The van der Waals surface area contributed by atoms with E-state index in [9.17, 15) is 34.2 Å². The number of nitrogens with one attached hydrogen (secondary N) is 4. The molecule has 18 nitrogen and oxygen atoms in total. The Balaban J connectivity index is 3.05. The van der Waals surface area contributed by atoms with Gasteiger partial charge in [0.15, 0.2) is 11.9 Å². The molecule has 1 rings (SSSR count). The highest BCUT2D eigenvalue weighted by Crippen LogP contribution is 2.14. The van der Waals surface area contributed by atoms with Crippen LogP contribution < -0.4 is 49.9 Å². The number of guanidine groups is 2. The average Bonchev–Trinajstić information content (AvgIpc) is 3.02. The van der Waals surface area contributed by atoms with Crippen LogP contribution in [0.15, 0.2) is 34.3 Å². The highest BCUT2D eigenvalue weighted by molar-refractivity contribution is 5.95. The van der Waals surface area contributed by atoms with Gasteiger partial charge in [-0.2, -0.15) is 0 Å². The van der Waals surface area contributed by atoms with E-state index in [1.54, 1.807) is 13.8 Å². The van der Waals surface area contributed by atoms with E-state index in [0.29, 0.717) is 18.4 Å². The van der Waals surface area contributed by atoms with E-state index in [1.807, 2.05) is 0 Å². The van der Waals surface area contributed by atoms with E-state index >= 15 is 0 Å². The number of aromatic hydroxyl groups is 1.